The van der Waals surface area contributed by atoms with Crippen LogP contribution in [0.4, 0.5) is 0 Å². The van der Waals surface area contributed by atoms with E-state index >= 15 is 0 Å². The fourth-order valence-corrected chi connectivity index (χ4v) is 3.47. The van der Waals surface area contributed by atoms with Crippen molar-refractivity contribution in [3.8, 4) is 0 Å². The van der Waals surface area contributed by atoms with Gasteiger partial charge >= 0.3 is 0 Å². The average Bonchev–Trinajstić information content (AvgIpc) is 3.56. The highest BCUT2D eigenvalue weighted by Gasteiger charge is 1.98. The van der Waals surface area contributed by atoms with Gasteiger partial charge in [-0.15, -0.1) is 0 Å². The second-order valence-electron chi connectivity index (χ2n) is 6.26. The third kappa shape index (κ3) is 17.7. The molecule has 0 spiro atoms. The fraction of sp³-hybridized carbons (Fsp3) is 0.625. The topological polar surface area (TPSA) is 38.7 Å². The highest BCUT2D eigenvalue weighted by molar-refractivity contribution is 7.05. The first-order valence-electron chi connectivity index (χ1n) is 11.1. The second-order valence-corrected chi connectivity index (χ2v) is 8.45. The molecule has 0 aromatic carbocycles. The maximum absolute atomic E-state index is 4.16. The molecule has 3 heterocycles. The summed E-state index contributed by atoms with van der Waals surface area (Å²) >= 11 is 4.62. The average molecular weight is 472 g/mol. The summed E-state index contributed by atoms with van der Waals surface area (Å²) in [5, 5.41) is 4.10. The molecule has 0 aliphatic rings. The molecule has 0 bridgehead atoms. The van der Waals surface area contributed by atoms with E-state index in [4.69, 9.17) is 0 Å². The summed E-state index contributed by atoms with van der Waals surface area (Å²) in [4.78, 5) is 1.37. The number of rotatable bonds is 3. The smallest absolute Gasteiger partial charge is 0.0567 e. The molecule has 0 aliphatic carbocycles. The standard InChI is InChI=1S/3C6H9NS.3C2H6/c1-5(2)6-3-7-8-4-6;1-5(2)6-3-4-8-7-6;1-5(2)6-3-4-7-8-6;3*1-2/h3*3-5H,1-2H3;3*1-2H3. The van der Waals surface area contributed by atoms with Crippen LogP contribution in [-0.4, -0.2) is 13.1 Å². The molecule has 174 valence electrons. The van der Waals surface area contributed by atoms with E-state index in [1.54, 1.807) is 11.5 Å². The van der Waals surface area contributed by atoms with E-state index in [9.17, 15) is 0 Å². The highest BCUT2D eigenvalue weighted by Crippen LogP contribution is 2.16. The predicted octanol–water partition coefficient (Wildman–Crippen LogP) is 9.88. The fourth-order valence-electron chi connectivity index (χ4n) is 1.54. The summed E-state index contributed by atoms with van der Waals surface area (Å²) in [6.07, 6.45) is 3.77. The second kappa shape index (κ2) is 24.2. The molecular formula is C24H45N3S3. The summed E-state index contributed by atoms with van der Waals surface area (Å²) in [6, 6.07) is 4.13. The first-order valence-corrected chi connectivity index (χ1v) is 13.6. The van der Waals surface area contributed by atoms with Crippen LogP contribution in [0.5, 0.6) is 0 Å². The van der Waals surface area contributed by atoms with Gasteiger partial charge < -0.3 is 0 Å². The van der Waals surface area contributed by atoms with Crippen molar-refractivity contribution in [2.45, 2.75) is 101 Å². The van der Waals surface area contributed by atoms with Gasteiger partial charge in [0.1, 0.15) is 0 Å². The Bertz CT molecular complexity index is 524. The van der Waals surface area contributed by atoms with E-state index < -0.39 is 0 Å². The molecule has 0 saturated heterocycles. The van der Waals surface area contributed by atoms with Gasteiger partial charge in [-0.2, -0.15) is 4.37 Å². The third-order valence-corrected chi connectivity index (χ3v) is 5.42. The van der Waals surface area contributed by atoms with Crippen LogP contribution in [0.15, 0.2) is 35.3 Å². The third-order valence-electron chi connectivity index (χ3n) is 3.19. The molecule has 3 aromatic heterocycles. The summed E-state index contributed by atoms with van der Waals surface area (Å²) < 4.78 is 12.1. The lowest BCUT2D eigenvalue weighted by Gasteiger charge is -1.94. The molecule has 0 radical (unpaired) electrons. The van der Waals surface area contributed by atoms with E-state index in [1.165, 1.54) is 39.2 Å². The number of hydrogen-bond donors (Lipinski definition) is 0. The van der Waals surface area contributed by atoms with Gasteiger partial charge in [0, 0.05) is 28.0 Å². The van der Waals surface area contributed by atoms with E-state index in [-0.39, 0.29) is 0 Å². The molecular weight excluding hydrogens is 426 g/mol. The zero-order valence-corrected chi connectivity index (χ0v) is 23.7. The van der Waals surface area contributed by atoms with Crippen LogP contribution in [0.1, 0.15) is 117 Å². The lowest BCUT2D eigenvalue weighted by atomic mass is 10.1. The summed E-state index contributed by atoms with van der Waals surface area (Å²) in [5.74, 6) is 1.86. The molecule has 3 aromatic rings. The Morgan fingerprint density at radius 1 is 0.700 bits per heavy atom. The maximum atomic E-state index is 4.16. The molecule has 0 aliphatic heterocycles. The number of aromatic nitrogens is 3. The minimum absolute atomic E-state index is 0.584. The molecule has 3 rings (SSSR count). The lowest BCUT2D eigenvalue weighted by molar-refractivity contribution is 0.841. The first kappa shape index (κ1) is 33.5. The van der Waals surface area contributed by atoms with Gasteiger partial charge in [0.2, 0.25) is 0 Å². The van der Waals surface area contributed by atoms with Crippen LogP contribution in [0.3, 0.4) is 0 Å². The lowest BCUT2D eigenvalue weighted by Crippen LogP contribution is -1.83. The zero-order valence-electron chi connectivity index (χ0n) is 21.3. The van der Waals surface area contributed by atoms with Crippen molar-refractivity contribution in [3.05, 3.63) is 51.4 Å². The Labute approximate surface area is 199 Å². The molecule has 0 fully saturated rings. The van der Waals surface area contributed by atoms with E-state index in [0.29, 0.717) is 17.8 Å². The molecule has 0 amide bonds. The van der Waals surface area contributed by atoms with Crippen molar-refractivity contribution in [2.24, 2.45) is 0 Å². The van der Waals surface area contributed by atoms with Gasteiger partial charge in [-0.1, -0.05) is 83.1 Å². The Balaban J connectivity index is -0.000000323. The van der Waals surface area contributed by atoms with E-state index in [1.807, 2.05) is 59.3 Å². The van der Waals surface area contributed by atoms with Gasteiger partial charge in [-0.05, 0) is 70.0 Å². The minimum Gasteiger partial charge on any atom is -0.201 e. The number of nitrogens with zero attached hydrogens (tertiary/aromatic N) is 3. The van der Waals surface area contributed by atoms with Crippen LogP contribution in [0.25, 0.3) is 0 Å². The first-order chi connectivity index (χ1) is 14.4. The largest absolute Gasteiger partial charge is 0.201 e. The molecule has 3 nitrogen and oxygen atoms in total. The Hall–Kier alpha value is -1.11. The molecule has 0 saturated carbocycles. The van der Waals surface area contributed by atoms with Gasteiger partial charge in [0.25, 0.3) is 0 Å². The maximum Gasteiger partial charge on any atom is 0.0567 e. The summed E-state index contributed by atoms with van der Waals surface area (Å²) in [6.45, 7) is 25.0. The highest BCUT2D eigenvalue weighted by atomic mass is 32.1. The van der Waals surface area contributed by atoms with Crippen LogP contribution in [-0.2, 0) is 0 Å². The van der Waals surface area contributed by atoms with Crippen LogP contribution >= 0.6 is 34.6 Å². The van der Waals surface area contributed by atoms with Gasteiger partial charge in [0.05, 0.1) is 5.69 Å². The van der Waals surface area contributed by atoms with Crippen molar-refractivity contribution in [1.82, 2.24) is 13.1 Å². The molecule has 0 unspecified atom stereocenters. The van der Waals surface area contributed by atoms with Crippen molar-refractivity contribution in [3.63, 3.8) is 0 Å². The Morgan fingerprint density at radius 3 is 1.50 bits per heavy atom. The summed E-state index contributed by atoms with van der Waals surface area (Å²) in [7, 11) is 0. The van der Waals surface area contributed by atoms with Crippen LogP contribution in [0.2, 0.25) is 0 Å². The monoisotopic (exact) mass is 471 g/mol. The van der Waals surface area contributed by atoms with E-state index in [0.717, 1.165) is 0 Å². The number of hydrogen-bond acceptors (Lipinski definition) is 6. The Kier molecular flexibility index (Phi) is 27.0. The van der Waals surface area contributed by atoms with Crippen molar-refractivity contribution in [1.29, 1.82) is 0 Å². The molecule has 6 heteroatoms. The summed E-state index contributed by atoms with van der Waals surface area (Å²) in [5.41, 5.74) is 2.55. The van der Waals surface area contributed by atoms with E-state index in [2.05, 4.69) is 72.2 Å². The van der Waals surface area contributed by atoms with Crippen molar-refractivity contribution < 1.29 is 0 Å². The van der Waals surface area contributed by atoms with Crippen LogP contribution < -0.4 is 0 Å². The molecule has 0 N–H and O–H groups in total. The van der Waals surface area contributed by atoms with Crippen molar-refractivity contribution >= 4 is 34.6 Å². The SMILES string of the molecule is CC.CC.CC.CC(C)c1ccns1.CC(C)c1ccsn1.CC(C)c1cnsc1. The molecule has 30 heavy (non-hydrogen) atoms. The normalized spacial score (nSPS) is 8.90. The van der Waals surface area contributed by atoms with Crippen LogP contribution in [0, 0.1) is 0 Å². The van der Waals surface area contributed by atoms with Crippen molar-refractivity contribution in [2.75, 3.05) is 0 Å². The predicted molar refractivity (Wildman–Crippen MR) is 143 cm³/mol. The zero-order chi connectivity index (χ0) is 23.9. The van der Waals surface area contributed by atoms with Gasteiger partial charge in [-0.25, -0.2) is 8.75 Å². The Morgan fingerprint density at radius 2 is 1.30 bits per heavy atom. The van der Waals surface area contributed by atoms with Gasteiger partial charge in [-0.3, -0.25) is 0 Å². The van der Waals surface area contributed by atoms with Gasteiger partial charge in [0.15, 0.2) is 0 Å². The minimum atomic E-state index is 0.584. The quantitative estimate of drug-likeness (QED) is 0.381. The molecule has 0 atom stereocenters.